The summed E-state index contributed by atoms with van der Waals surface area (Å²) in [5, 5.41) is 8.18. The molecule has 6 heteroatoms. The number of nitrogens with one attached hydrogen (secondary N) is 2. The molecule has 0 unspecified atom stereocenters. The van der Waals surface area contributed by atoms with Crippen LogP contribution in [0.25, 0.3) is 10.8 Å². The number of rotatable bonds is 6. The Balaban J connectivity index is 1.90. The van der Waals surface area contributed by atoms with E-state index in [0.29, 0.717) is 24.1 Å². The molecule has 0 radical (unpaired) electrons. The highest BCUT2D eigenvalue weighted by Gasteiger charge is 2.29. The van der Waals surface area contributed by atoms with Crippen molar-refractivity contribution in [2.75, 3.05) is 5.32 Å². The molecular weight excluding hydrogens is 365 g/mol. The first kappa shape index (κ1) is 19.1. The van der Waals surface area contributed by atoms with Crippen molar-refractivity contribution in [1.29, 1.82) is 0 Å². The summed E-state index contributed by atoms with van der Waals surface area (Å²) in [5.41, 5.74) is 0.453. The molecule has 2 N–H and O–H groups in total. The van der Waals surface area contributed by atoms with E-state index < -0.39 is 11.5 Å². The summed E-state index contributed by atoms with van der Waals surface area (Å²) < 4.78 is 13.4. The van der Waals surface area contributed by atoms with E-state index in [9.17, 15) is 9.18 Å². The monoisotopic (exact) mass is 385 g/mol. The second-order valence-corrected chi connectivity index (χ2v) is 6.81. The Morgan fingerprint density at radius 1 is 1.15 bits per heavy atom. The van der Waals surface area contributed by atoms with Gasteiger partial charge in [0.15, 0.2) is 0 Å². The molecule has 3 aromatic rings. The molecule has 0 atom stereocenters. The lowest BCUT2D eigenvalue weighted by molar-refractivity contribution is 0.0906. The molecule has 2 aromatic carbocycles. The van der Waals surface area contributed by atoms with Crippen molar-refractivity contribution in [3.63, 3.8) is 0 Å². The van der Waals surface area contributed by atoms with Gasteiger partial charge in [0, 0.05) is 23.5 Å². The SMILES string of the molecule is CCC(CC)(NC(=O)c1cncc2ccccc12)Nc1ccc(F)c(Cl)c1. The highest BCUT2D eigenvalue weighted by molar-refractivity contribution is 6.31. The van der Waals surface area contributed by atoms with Crippen molar-refractivity contribution in [1.82, 2.24) is 10.3 Å². The molecule has 1 aromatic heterocycles. The molecule has 0 aliphatic carbocycles. The largest absolute Gasteiger partial charge is 0.363 e. The van der Waals surface area contributed by atoms with Crippen LogP contribution in [-0.4, -0.2) is 16.6 Å². The quantitative estimate of drug-likeness (QED) is 0.559. The molecule has 0 saturated carbocycles. The zero-order chi connectivity index (χ0) is 19.4. The normalized spacial score (nSPS) is 11.4. The Morgan fingerprint density at radius 3 is 2.59 bits per heavy atom. The molecule has 0 fully saturated rings. The Hall–Kier alpha value is -2.66. The molecule has 1 amide bonds. The minimum Gasteiger partial charge on any atom is -0.363 e. The van der Waals surface area contributed by atoms with Crippen LogP contribution in [0.1, 0.15) is 37.0 Å². The van der Waals surface area contributed by atoms with Crippen LogP contribution >= 0.6 is 11.6 Å². The fourth-order valence-electron chi connectivity index (χ4n) is 3.07. The third kappa shape index (κ3) is 4.03. The lowest BCUT2D eigenvalue weighted by Gasteiger charge is -2.35. The first-order valence-electron chi connectivity index (χ1n) is 8.86. The standard InChI is InChI=1S/C21H21ClFN3O/c1-3-21(4-2,25-15-9-10-19(23)18(22)11-15)26-20(27)17-13-24-12-14-7-5-6-8-16(14)17/h5-13,25H,3-4H2,1-2H3,(H,26,27). The molecule has 0 spiro atoms. The summed E-state index contributed by atoms with van der Waals surface area (Å²) in [5.74, 6) is -0.699. The van der Waals surface area contributed by atoms with Crippen molar-refractivity contribution >= 4 is 34.0 Å². The van der Waals surface area contributed by atoms with Crippen LogP contribution in [0.4, 0.5) is 10.1 Å². The van der Waals surface area contributed by atoms with Gasteiger partial charge < -0.3 is 10.6 Å². The van der Waals surface area contributed by atoms with Gasteiger partial charge >= 0.3 is 0 Å². The predicted molar refractivity (Wildman–Crippen MR) is 108 cm³/mol. The maximum atomic E-state index is 13.4. The first-order valence-corrected chi connectivity index (χ1v) is 9.24. The summed E-state index contributed by atoms with van der Waals surface area (Å²) in [7, 11) is 0. The number of anilines is 1. The highest BCUT2D eigenvalue weighted by atomic mass is 35.5. The first-order chi connectivity index (χ1) is 13.0. The second-order valence-electron chi connectivity index (χ2n) is 6.41. The molecular formula is C21H21ClFN3O. The number of benzene rings is 2. The zero-order valence-corrected chi connectivity index (χ0v) is 16.0. The number of aromatic nitrogens is 1. The third-order valence-corrected chi connectivity index (χ3v) is 5.07. The van der Waals surface area contributed by atoms with Crippen LogP contribution in [0.2, 0.25) is 5.02 Å². The summed E-state index contributed by atoms with van der Waals surface area (Å²) in [4.78, 5) is 17.2. The molecule has 0 aliphatic heterocycles. The molecule has 4 nitrogen and oxygen atoms in total. The number of amides is 1. The molecule has 140 valence electrons. The Bertz CT molecular complexity index is 967. The second kappa shape index (κ2) is 7.92. The fraction of sp³-hybridized carbons (Fsp3) is 0.238. The van der Waals surface area contributed by atoms with Crippen LogP contribution in [0.15, 0.2) is 54.9 Å². The van der Waals surface area contributed by atoms with E-state index in [1.165, 1.54) is 12.1 Å². The lowest BCUT2D eigenvalue weighted by Crippen LogP contribution is -2.53. The molecule has 0 bridgehead atoms. The van der Waals surface area contributed by atoms with Crippen LogP contribution in [0.5, 0.6) is 0 Å². The molecule has 27 heavy (non-hydrogen) atoms. The van der Waals surface area contributed by atoms with Gasteiger partial charge in [-0.3, -0.25) is 9.78 Å². The number of fused-ring (bicyclic) bond motifs is 1. The van der Waals surface area contributed by atoms with E-state index in [4.69, 9.17) is 11.6 Å². The van der Waals surface area contributed by atoms with Gasteiger partial charge in [-0.05, 0) is 36.4 Å². The maximum Gasteiger partial charge on any atom is 0.255 e. The zero-order valence-electron chi connectivity index (χ0n) is 15.2. The van der Waals surface area contributed by atoms with E-state index in [0.717, 1.165) is 10.8 Å². The number of halogens is 2. The Morgan fingerprint density at radius 2 is 1.89 bits per heavy atom. The van der Waals surface area contributed by atoms with Crippen molar-refractivity contribution in [2.24, 2.45) is 0 Å². The predicted octanol–water partition coefficient (Wildman–Crippen LogP) is 5.39. The molecule has 0 aliphatic rings. The van der Waals surface area contributed by atoms with Gasteiger partial charge in [0.1, 0.15) is 11.5 Å². The summed E-state index contributed by atoms with van der Waals surface area (Å²) >= 11 is 5.89. The smallest absolute Gasteiger partial charge is 0.255 e. The average Bonchev–Trinajstić information content (AvgIpc) is 2.69. The number of carbonyl (C=O) groups is 1. The van der Waals surface area contributed by atoms with Gasteiger partial charge in [-0.2, -0.15) is 0 Å². The van der Waals surface area contributed by atoms with E-state index in [2.05, 4.69) is 15.6 Å². The Kier molecular flexibility index (Phi) is 5.61. The highest BCUT2D eigenvalue weighted by Crippen LogP contribution is 2.25. The van der Waals surface area contributed by atoms with Gasteiger partial charge in [-0.25, -0.2) is 4.39 Å². The van der Waals surface area contributed by atoms with Gasteiger partial charge in [0.05, 0.1) is 10.6 Å². The molecule has 3 rings (SSSR count). The number of pyridine rings is 1. The van der Waals surface area contributed by atoms with Crippen LogP contribution in [-0.2, 0) is 0 Å². The van der Waals surface area contributed by atoms with Crippen molar-refractivity contribution in [2.45, 2.75) is 32.4 Å². The average molecular weight is 386 g/mol. The minimum absolute atomic E-state index is 0.0330. The summed E-state index contributed by atoms with van der Waals surface area (Å²) in [6.07, 6.45) is 4.56. The number of carbonyl (C=O) groups excluding carboxylic acids is 1. The third-order valence-electron chi connectivity index (χ3n) is 4.78. The number of hydrogen-bond donors (Lipinski definition) is 2. The number of nitrogens with zero attached hydrogens (tertiary/aromatic N) is 1. The van der Waals surface area contributed by atoms with Gasteiger partial charge in [-0.1, -0.05) is 49.7 Å². The van der Waals surface area contributed by atoms with Crippen molar-refractivity contribution in [3.05, 3.63) is 71.3 Å². The minimum atomic E-state index is -0.699. The Labute approximate surface area is 162 Å². The van der Waals surface area contributed by atoms with Crippen LogP contribution < -0.4 is 10.6 Å². The molecule has 0 saturated heterocycles. The summed E-state index contributed by atoms with van der Waals surface area (Å²) in [6, 6.07) is 12.1. The van der Waals surface area contributed by atoms with E-state index in [-0.39, 0.29) is 10.9 Å². The van der Waals surface area contributed by atoms with E-state index >= 15 is 0 Å². The topological polar surface area (TPSA) is 54.0 Å². The fourth-order valence-corrected chi connectivity index (χ4v) is 3.25. The maximum absolute atomic E-state index is 13.4. The van der Waals surface area contributed by atoms with Crippen molar-refractivity contribution in [3.8, 4) is 0 Å². The van der Waals surface area contributed by atoms with E-state index in [1.54, 1.807) is 18.5 Å². The van der Waals surface area contributed by atoms with Crippen LogP contribution in [0, 0.1) is 5.82 Å². The summed E-state index contributed by atoms with van der Waals surface area (Å²) in [6.45, 7) is 3.95. The van der Waals surface area contributed by atoms with Crippen LogP contribution in [0.3, 0.4) is 0 Å². The van der Waals surface area contributed by atoms with Gasteiger partial charge in [0.2, 0.25) is 0 Å². The van der Waals surface area contributed by atoms with E-state index in [1.807, 2.05) is 38.1 Å². The van der Waals surface area contributed by atoms with Gasteiger partial charge in [-0.15, -0.1) is 0 Å². The molecule has 1 heterocycles. The number of hydrogen-bond acceptors (Lipinski definition) is 3. The lowest BCUT2D eigenvalue weighted by atomic mass is 10.0. The van der Waals surface area contributed by atoms with Gasteiger partial charge in [0.25, 0.3) is 5.91 Å². The van der Waals surface area contributed by atoms with Crippen molar-refractivity contribution < 1.29 is 9.18 Å².